The van der Waals surface area contributed by atoms with Crippen LogP contribution in [0.2, 0.25) is 0 Å². The highest BCUT2D eigenvalue weighted by Gasteiger charge is 2.06. The Balaban J connectivity index is 1.65. The van der Waals surface area contributed by atoms with E-state index in [-0.39, 0.29) is 0 Å². The van der Waals surface area contributed by atoms with E-state index in [9.17, 15) is 0 Å². The fraction of sp³-hybridized carbons (Fsp3) is 0.176. The summed E-state index contributed by atoms with van der Waals surface area (Å²) in [5.74, 6) is 0.797. The van der Waals surface area contributed by atoms with Crippen LogP contribution in [0, 0.1) is 6.92 Å². The van der Waals surface area contributed by atoms with Gasteiger partial charge in [-0.05, 0) is 31.2 Å². The predicted molar refractivity (Wildman–Crippen MR) is 86.5 cm³/mol. The lowest BCUT2D eigenvalue weighted by Gasteiger charge is -2.09. The third-order valence-electron chi connectivity index (χ3n) is 3.42. The molecule has 0 bridgehead atoms. The zero-order valence-electron chi connectivity index (χ0n) is 12.4. The van der Waals surface area contributed by atoms with E-state index in [0.717, 1.165) is 22.7 Å². The van der Waals surface area contributed by atoms with Gasteiger partial charge in [-0.3, -0.25) is 0 Å². The van der Waals surface area contributed by atoms with Crippen LogP contribution in [-0.2, 0) is 6.54 Å². The standard InChI is InChI=1S/C17H18N4O/c1-13-2-4-14(5-3-13)17-12-19-20-21(17)10-11-22-16-8-6-15(18)7-9-16/h2-9,12H,10-11,18H2,1H3. The maximum absolute atomic E-state index is 5.70. The zero-order valence-corrected chi connectivity index (χ0v) is 12.4. The first-order valence-electron chi connectivity index (χ1n) is 7.16. The Morgan fingerprint density at radius 1 is 1.05 bits per heavy atom. The molecule has 0 unspecified atom stereocenters. The van der Waals surface area contributed by atoms with Crippen molar-refractivity contribution >= 4 is 5.69 Å². The second-order valence-electron chi connectivity index (χ2n) is 5.13. The summed E-state index contributed by atoms with van der Waals surface area (Å²) in [7, 11) is 0. The second kappa shape index (κ2) is 6.30. The van der Waals surface area contributed by atoms with Gasteiger partial charge in [0.25, 0.3) is 0 Å². The summed E-state index contributed by atoms with van der Waals surface area (Å²) in [5, 5.41) is 8.13. The van der Waals surface area contributed by atoms with Crippen LogP contribution in [0.4, 0.5) is 5.69 Å². The Hall–Kier alpha value is -2.82. The minimum Gasteiger partial charge on any atom is -0.492 e. The van der Waals surface area contributed by atoms with Crippen molar-refractivity contribution in [1.29, 1.82) is 0 Å². The molecule has 5 nitrogen and oxygen atoms in total. The van der Waals surface area contributed by atoms with Crippen molar-refractivity contribution < 1.29 is 4.74 Å². The second-order valence-corrected chi connectivity index (χ2v) is 5.13. The van der Waals surface area contributed by atoms with Crippen LogP contribution in [0.3, 0.4) is 0 Å². The van der Waals surface area contributed by atoms with Gasteiger partial charge in [0.15, 0.2) is 0 Å². The van der Waals surface area contributed by atoms with Crippen LogP contribution in [0.5, 0.6) is 5.75 Å². The van der Waals surface area contributed by atoms with Gasteiger partial charge in [0.05, 0.1) is 18.4 Å². The fourth-order valence-electron chi connectivity index (χ4n) is 2.18. The minimum absolute atomic E-state index is 0.520. The Kier molecular flexibility index (Phi) is 4.05. The molecule has 0 saturated heterocycles. The maximum Gasteiger partial charge on any atom is 0.119 e. The average molecular weight is 294 g/mol. The lowest BCUT2D eigenvalue weighted by molar-refractivity contribution is 0.290. The molecule has 0 atom stereocenters. The molecule has 2 aromatic carbocycles. The van der Waals surface area contributed by atoms with Crippen LogP contribution < -0.4 is 10.5 Å². The van der Waals surface area contributed by atoms with Crippen molar-refractivity contribution in [2.24, 2.45) is 0 Å². The molecule has 0 aliphatic heterocycles. The number of benzene rings is 2. The molecule has 0 radical (unpaired) electrons. The normalized spacial score (nSPS) is 10.6. The first-order chi connectivity index (χ1) is 10.7. The van der Waals surface area contributed by atoms with E-state index < -0.39 is 0 Å². The summed E-state index contributed by atoms with van der Waals surface area (Å²) in [6, 6.07) is 15.7. The highest BCUT2D eigenvalue weighted by molar-refractivity contribution is 5.58. The molecule has 0 saturated carbocycles. The molecule has 2 N–H and O–H groups in total. The van der Waals surface area contributed by atoms with Gasteiger partial charge < -0.3 is 10.5 Å². The maximum atomic E-state index is 5.70. The highest BCUT2D eigenvalue weighted by Crippen LogP contribution is 2.18. The van der Waals surface area contributed by atoms with Gasteiger partial charge in [0.1, 0.15) is 12.4 Å². The first-order valence-corrected chi connectivity index (χ1v) is 7.16. The average Bonchev–Trinajstić information content (AvgIpc) is 2.98. The van der Waals surface area contributed by atoms with Gasteiger partial charge in [-0.15, -0.1) is 5.10 Å². The molecule has 22 heavy (non-hydrogen) atoms. The number of anilines is 1. The third kappa shape index (κ3) is 3.25. The zero-order chi connectivity index (χ0) is 15.4. The first kappa shape index (κ1) is 14.1. The SMILES string of the molecule is Cc1ccc(-c2cnnn2CCOc2ccc(N)cc2)cc1. The van der Waals surface area contributed by atoms with E-state index in [0.29, 0.717) is 13.2 Å². The van der Waals surface area contributed by atoms with E-state index in [1.807, 2.05) is 28.9 Å². The molecule has 3 aromatic rings. The summed E-state index contributed by atoms with van der Waals surface area (Å²) in [5.41, 5.74) is 9.69. The van der Waals surface area contributed by atoms with E-state index in [4.69, 9.17) is 10.5 Å². The highest BCUT2D eigenvalue weighted by atomic mass is 16.5. The van der Waals surface area contributed by atoms with E-state index in [1.54, 1.807) is 6.20 Å². The van der Waals surface area contributed by atoms with Crippen molar-refractivity contribution in [3.63, 3.8) is 0 Å². The van der Waals surface area contributed by atoms with Crippen LogP contribution in [0.1, 0.15) is 5.56 Å². The van der Waals surface area contributed by atoms with E-state index in [2.05, 4.69) is 41.5 Å². The minimum atomic E-state index is 0.520. The fourth-order valence-corrected chi connectivity index (χ4v) is 2.18. The Bertz CT molecular complexity index is 732. The van der Waals surface area contributed by atoms with Crippen LogP contribution in [0.25, 0.3) is 11.3 Å². The number of aromatic nitrogens is 3. The number of rotatable bonds is 5. The van der Waals surface area contributed by atoms with Gasteiger partial charge in [-0.25, -0.2) is 4.68 Å². The molecule has 0 aliphatic carbocycles. The van der Waals surface area contributed by atoms with Crippen molar-refractivity contribution in [3.8, 4) is 17.0 Å². The quantitative estimate of drug-likeness (QED) is 0.735. The van der Waals surface area contributed by atoms with Gasteiger partial charge in [-0.2, -0.15) is 0 Å². The number of nitrogen functional groups attached to an aromatic ring is 1. The van der Waals surface area contributed by atoms with Crippen LogP contribution in [-0.4, -0.2) is 21.6 Å². The topological polar surface area (TPSA) is 66.0 Å². The van der Waals surface area contributed by atoms with E-state index in [1.165, 1.54) is 5.56 Å². The largest absolute Gasteiger partial charge is 0.492 e. The molecule has 3 rings (SSSR count). The summed E-state index contributed by atoms with van der Waals surface area (Å²) in [4.78, 5) is 0. The van der Waals surface area contributed by atoms with Gasteiger partial charge >= 0.3 is 0 Å². The number of hydrogen-bond donors (Lipinski definition) is 1. The number of hydrogen-bond acceptors (Lipinski definition) is 4. The monoisotopic (exact) mass is 294 g/mol. The molecule has 0 aliphatic rings. The molecule has 5 heteroatoms. The Labute approximate surface area is 129 Å². The molecular formula is C17H18N4O. The van der Waals surface area contributed by atoms with Crippen molar-refractivity contribution in [2.45, 2.75) is 13.5 Å². The lowest BCUT2D eigenvalue weighted by Crippen LogP contribution is -2.10. The summed E-state index contributed by atoms with van der Waals surface area (Å²) in [6.07, 6.45) is 1.77. The molecule has 1 heterocycles. The van der Waals surface area contributed by atoms with Crippen LogP contribution in [0.15, 0.2) is 54.7 Å². The van der Waals surface area contributed by atoms with Crippen LogP contribution >= 0.6 is 0 Å². The van der Waals surface area contributed by atoms with Gasteiger partial charge in [0.2, 0.25) is 0 Å². The molecule has 0 amide bonds. The van der Waals surface area contributed by atoms with Crippen molar-refractivity contribution in [3.05, 3.63) is 60.3 Å². The van der Waals surface area contributed by atoms with E-state index >= 15 is 0 Å². The lowest BCUT2D eigenvalue weighted by atomic mass is 10.1. The Morgan fingerprint density at radius 2 is 1.77 bits per heavy atom. The summed E-state index contributed by atoms with van der Waals surface area (Å²) in [6.45, 7) is 3.22. The molecule has 1 aromatic heterocycles. The van der Waals surface area contributed by atoms with Gasteiger partial charge in [-0.1, -0.05) is 35.0 Å². The summed E-state index contributed by atoms with van der Waals surface area (Å²) >= 11 is 0. The number of ether oxygens (including phenoxy) is 1. The molecule has 0 fully saturated rings. The number of nitrogens with zero attached hydrogens (tertiary/aromatic N) is 3. The van der Waals surface area contributed by atoms with Crippen molar-refractivity contribution in [2.75, 3.05) is 12.3 Å². The smallest absolute Gasteiger partial charge is 0.119 e. The Morgan fingerprint density at radius 3 is 2.50 bits per heavy atom. The van der Waals surface area contributed by atoms with Crippen molar-refractivity contribution in [1.82, 2.24) is 15.0 Å². The number of nitrogens with two attached hydrogens (primary N) is 1. The number of aryl methyl sites for hydroxylation is 1. The molecule has 112 valence electrons. The molecule has 0 spiro atoms. The third-order valence-corrected chi connectivity index (χ3v) is 3.42. The molecular weight excluding hydrogens is 276 g/mol. The van der Waals surface area contributed by atoms with Gasteiger partial charge in [0, 0.05) is 11.3 Å². The summed E-state index contributed by atoms with van der Waals surface area (Å²) < 4.78 is 7.55. The predicted octanol–water partition coefficient (Wildman–Crippen LogP) is 2.91.